The van der Waals surface area contributed by atoms with Gasteiger partial charge in [0.15, 0.2) is 0 Å². The van der Waals surface area contributed by atoms with Crippen molar-refractivity contribution in [2.75, 3.05) is 11.9 Å². The summed E-state index contributed by atoms with van der Waals surface area (Å²) in [5.41, 5.74) is 1.02. The topological polar surface area (TPSA) is 55.2 Å². The van der Waals surface area contributed by atoms with Gasteiger partial charge in [0.25, 0.3) is 5.69 Å². The highest BCUT2D eigenvalue weighted by molar-refractivity contribution is 14.1. The second kappa shape index (κ2) is 6.33. The smallest absolute Gasteiger partial charge is 0.270 e. The van der Waals surface area contributed by atoms with Crippen LogP contribution in [0.4, 0.5) is 11.4 Å². The number of non-ortho nitro benzene ring substituents is 1. The molecule has 0 aliphatic heterocycles. The van der Waals surface area contributed by atoms with Crippen molar-refractivity contribution in [1.29, 1.82) is 0 Å². The fourth-order valence-electron chi connectivity index (χ4n) is 1.17. The van der Waals surface area contributed by atoms with Gasteiger partial charge >= 0.3 is 0 Å². The van der Waals surface area contributed by atoms with E-state index in [4.69, 9.17) is 6.42 Å². The average Bonchev–Trinajstić information content (AvgIpc) is 2.26. The van der Waals surface area contributed by atoms with Gasteiger partial charge in [-0.2, -0.15) is 0 Å². The minimum atomic E-state index is -0.399. The molecule has 84 valence electrons. The van der Waals surface area contributed by atoms with Crippen molar-refractivity contribution in [2.45, 2.75) is 12.8 Å². The largest absolute Gasteiger partial charge is 0.384 e. The van der Waals surface area contributed by atoms with E-state index >= 15 is 0 Å². The van der Waals surface area contributed by atoms with Crippen LogP contribution in [0.2, 0.25) is 0 Å². The molecule has 0 spiro atoms. The number of hydrogen-bond acceptors (Lipinski definition) is 3. The molecule has 0 unspecified atom stereocenters. The minimum Gasteiger partial charge on any atom is -0.384 e. The van der Waals surface area contributed by atoms with Crippen LogP contribution in [0.1, 0.15) is 12.8 Å². The van der Waals surface area contributed by atoms with Crippen LogP contribution < -0.4 is 5.32 Å². The molecule has 0 amide bonds. The summed E-state index contributed by atoms with van der Waals surface area (Å²) in [6.45, 7) is 0.776. The maximum Gasteiger partial charge on any atom is 0.270 e. The second-order valence-corrected chi connectivity index (χ2v) is 4.32. The monoisotopic (exact) mass is 330 g/mol. The number of rotatable bonds is 5. The number of nitro benzene ring substituents is 1. The summed E-state index contributed by atoms with van der Waals surface area (Å²) in [6, 6.07) is 4.76. The summed E-state index contributed by atoms with van der Waals surface area (Å²) in [7, 11) is 0. The lowest BCUT2D eigenvalue weighted by atomic mass is 10.2. The molecule has 0 aromatic heterocycles. The normalized spacial score (nSPS) is 9.50. The van der Waals surface area contributed by atoms with E-state index in [1.54, 1.807) is 12.1 Å². The fourth-order valence-corrected chi connectivity index (χ4v) is 1.86. The minimum absolute atomic E-state index is 0.110. The first-order valence-electron chi connectivity index (χ1n) is 4.76. The zero-order chi connectivity index (χ0) is 12.0. The van der Waals surface area contributed by atoms with Crippen LogP contribution in [0, 0.1) is 26.0 Å². The maximum atomic E-state index is 10.5. The first-order valence-corrected chi connectivity index (χ1v) is 5.84. The van der Waals surface area contributed by atoms with Crippen LogP contribution in [-0.4, -0.2) is 11.5 Å². The lowest BCUT2D eigenvalue weighted by Crippen LogP contribution is -2.03. The van der Waals surface area contributed by atoms with Crippen molar-refractivity contribution < 1.29 is 4.92 Å². The highest BCUT2D eigenvalue weighted by Crippen LogP contribution is 2.23. The molecule has 0 radical (unpaired) electrons. The van der Waals surface area contributed by atoms with E-state index in [1.165, 1.54) is 6.07 Å². The van der Waals surface area contributed by atoms with E-state index in [2.05, 4.69) is 33.8 Å². The molecule has 4 nitrogen and oxygen atoms in total. The van der Waals surface area contributed by atoms with Gasteiger partial charge in [0.1, 0.15) is 0 Å². The Hall–Kier alpha value is -1.29. The van der Waals surface area contributed by atoms with Gasteiger partial charge in [-0.05, 0) is 35.1 Å². The van der Waals surface area contributed by atoms with Crippen LogP contribution in [0.15, 0.2) is 18.2 Å². The Labute approximate surface area is 108 Å². The molecule has 0 atom stereocenters. The van der Waals surface area contributed by atoms with Crippen molar-refractivity contribution in [3.63, 3.8) is 0 Å². The Balaban J connectivity index is 2.62. The first-order chi connectivity index (χ1) is 7.65. The first kappa shape index (κ1) is 12.8. The third kappa shape index (κ3) is 3.70. The Morgan fingerprint density at radius 2 is 2.31 bits per heavy atom. The Morgan fingerprint density at radius 3 is 2.88 bits per heavy atom. The molecule has 0 bridgehead atoms. The summed E-state index contributed by atoms with van der Waals surface area (Å²) in [5.74, 6) is 2.56. The molecule has 0 aliphatic carbocycles. The van der Waals surface area contributed by atoms with Crippen LogP contribution in [0.25, 0.3) is 0 Å². The summed E-state index contributed by atoms with van der Waals surface area (Å²) in [5, 5.41) is 13.7. The Morgan fingerprint density at radius 1 is 1.56 bits per heavy atom. The zero-order valence-corrected chi connectivity index (χ0v) is 10.7. The number of benzene rings is 1. The summed E-state index contributed by atoms with van der Waals surface area (Å²) >= 11 is 2.07. The zero-order valence-electron chi connectivity index (χ0n) is 8.57. The van der Waals surface area contributed by atoms with E-state index < -0.39 is 4.92 Å². The summed E-state index contributed by atoms with van der Waals surface area (Å²) < 4.78 is 0.840. The third-order valence-corrected chi connectivity index (χ3v) is 2.87. The van der Waals surface area contributed by atoms with E-state index in [-0.39, 0.29) is 5.69 Å². The lowest BCUT2D eigenvalue weighted by molar-refractivity contribution is -0.384. The number of halogens is 1. The van der Waals surface area contributed by atoms with Crippen molar-refractivity contribution in [3.8, 4) is 12.3 Å². The molecule has 5 heteroatoms. The van der Waals surface area contributed by atoms with Crippen molar-refractivity contribution >= 4 is 34.0 Å². The van der Waals surface area contributed by atoms with Crippen LogP contribution >= 0.6 is 22.6 Å². The summed E-state index contributed by atoms with van der Waals surface area (Å²) in [6.07, 6.45) is 6.76. The van der Waals surface area contributed by atoms with Gasteiger partial charge in [-0.1, -0.05) is 0 Å². The molecule has 0 saturated heterocycles. The van der Waals surface area contributed by atoms with Gasteiger partial charge in [-0.25, -0.2) is 0 Å². The molecule has 16 heavy (non-hydrogen) atoms. The van der Waals surface area contributed by atoms with Gasteiger partial charge in [-0.15, -0.1) is 12.3 Å². The highest BCUT2D eigenvalue weighted by Gasteiger charge is 2.08. The predicted molar refractivity (Wildman–Crippen MR) is 72.4 cm³/mol. The third-order valence-electron chi connectivity index (χ3n) is 1.98. The van der Waals surface area contributed by atoms with Crippen LogP contribution in [0.5, 0.6) is 0 Å². The average molecular weight is 330 g/mol. The molecule has 0 fully saturated rings. The second-order valence-electron chi connectivity index (χ2n) is 3.16. The molecule has 0 aliphatic rings. The molecule has 1 rings (SSSR count). The van der Waals surface area contributed by atoms with E-state index in [9.17, 15) is 10.1 Å². The van der Waals surface area contributed by atoms with Crippen molar-refractivity contribution in [1.82, 2.24) is 0 Å². The number of nitrogens with zero attached hydrogens (tertiary/aromatic N) is 1. The SMILES string of the molecule is C#CCCCNc1ccc([N+](=O)[O-])cc1I. The van der Waals surface area contributed by atoms with Gasteiger partial charge < -0.3 is 5.32 Å². The number of nitro groups is 1. The molecule has 1 N–H and O–H groups in total. The van der Waals surface area contributed by atoms with Crippen molar-refractivity contribution in [2.24, 2.45) is 0 Å². The molecule has 1 aromatic carbocycles. The van der Waals surface area contributed by atoms with E-state index in [0.717, 1.165) is 28.6 Å². The lowest BCUT2D eigenvalue weighted by Gasteiger charge is -2.07. The van der Waals surface area contributed by atoms with Gasteiger partial charge in [0.05, 0.1) is 4.92 Å². The van der Waals surface area contributed by atoms with E-state index in [0.29, 0.717) is 0 Å². The van der Waals surface area contributed by atoms with Gasteiger partial charge in [0, 0.05) is 34.4 Å². The standard InChI is InChI=1S/C11H11IN2O2/c1-2-3-4-7-13-11-6-5-9(14(15)16)8-10(11)12/h1,5-6,8,13H,3-4,7H2. The number of terminal acetylenes is 1. The fraction of sp³-hybridized carbons (Fsp3) is 0.273. The Kier molecular flexibility index (Phi) is 5.05. The number of hydrogen-bond donors (Lipinski definition) is 1. The van der Waals surface area contributed by atoms with Crippen LogP contribution in [0.3, 0.4) is 0 Å². The quantitative estimate of drug-likeness (QED) is 0.297. The van der Waals surface area contributed by atoms with Gasteiger partial charge in [0.2, 0.25) is 0 Å². The van der Waals surface area contributed by atoms with Crippen LogP contribution in [-0.2, 0) is 0 Å². The number of nitrogens with one attached hydrogen (secondary N) is 1. The summed E-state index contributed by atoms with van der Waals surface area (Å²) in [4.78, 5) is 10.1. The molecular formula is C11H11IN2O2. The maximum absolute atomic E-state index is 10.5. The number of anilines is 1. The predicted octanol–water partition coefficient (Wildman–Crippen LogP) is 3.02. The molecular weight excluding hydrogens is 319 g/mol. The Bertz CT molecular complexity index is 426. The van der Waals surface area contributed by atoms with E-state index in [1.807, 2.05) is 0 Å². The molecule has 1 aromatic rings. The highest BCUT2D eigenvalue weighted by atomic mass is 127. The molecule has 0 saturated carbocycles. The van der Waals surface area contributed by atoms with Gasteiger partial charge in [-0.3, -0.25) is 10.1 Å². The van der Waals surface area contributed by atoms with Crippen molar-refractivity contribution in [3.05, 3.63) is 31.9 Å². The number of unbranched alkanes of at least 4 members (excludes halogenated alkanes) is 1. The molecule has 0 heterocycles.